The van der Waals surface area contributed by atoms with Gasteiger partial charge in [0.05, 0.1) is 0 Å². The number of fused-ring (bicyclic) bond motifs is 4. The van der Waals surface area contributed by atoms with E-state index in [1.165, 1.54) is 12.2 Å². The van der Waals surface area contributed by atoms with Crippen LogP contribution in [-0.2, 0) is 0 Å². The maximum Gasteiger partial charge on any atom is 0.138 e. The molecule has 5 rings (SSSR count). The molecule has 0 atom stereocenters. The van der Waals surface area contributed by atoms with Gasteiger partial charge in [0.15, 0.2) is 0 Å². The van der Waals surface area contributed by atoms with E-state index in [0.29, 0.717) is 67.3 Å². The molecule has 46 heavy (non-hydrogen) atoms. The van der Waals surface area contributed by atoms with Gasteiger partial charge in [-0.2, -0.15) is 42.1 Å². The predicted molar refractivity (Wildman–Crippen MR) is 168 cm³/mol. The van der Waals surface area contributed by atoms with Gasteiger partial charge in [-0.1, -0.05) is 12.1 Å². The number of anilines is 4. The predicted octanol–water partition coefficient (Wildman–Crippen LogP) is 6.41. The molecule has 0 saturated carbocycles. The van der Waals surface area contributed by atoms with E-state index in [9.17, 15) is 42.1 Å². The molecule has 2 heterocycles. The molecule has 0 unspecified atom stereocenters. The third kappa shape index (κ3) is 4.63. The Hall–Kier alpha value is -7.86. The van der Waals surface area contributed by atoms with Crippen molar-refractivity contribution in [3.8, 4) is 48.6 Å². The Kier molecular flexibility index (Phi) is 7.59. The number of nitrogens with zero attached hydrogens (tertiary/aromatic N) is 10. The fourth-order valence-corrected chi connectivity index (χ4v) is 5.68. The fraction of sp³-hybridized carbons (Fsp3) is 0.0556. The topological polar surface area (TPSA) is 197 Å². The molecule has 0 spiro atoms. The fourth-order valence-electron chi connectivity index (χ4n) is 5.68. The summed E-state index contributed by atoms with van der Waals surface area (Å²) in [4.78, 5) is 3.72. The number of allylic oxidation sites excluding steroid dienone is 4. The van der Waals surface area contributed by atoms with E-state index in [2.05, 4.69) is 0 Å². The molecule has 210 valence electrons. The van der Waals surface area contributed by atoms with Crippen molar-refractivity contribution in [1.82, 2.24) is 0 Å². The van der Waals surface area contributed by atoms with Gasteiger partial charge in [-0.15, -0.1) is 0 Å². The molecular formula is C36H16N10. The molecule has 2 aliphatic rings. The quantitative estimate of drug-likeness (QED) is 0.301. The van der Waals surface area contributed by atoms with Crippen molar-refractivity contribution in [3.63, 3.8) is 0 Å². The minimum absolute atomic E-state index is 0.106. The summed E-state index contributed by atoms with van der Waals surface area (Å²) in [7, 11) is 3.61. The molecule has 0 radical (unpaired) electrons. The van der Waals surface area contributed by atoms with Crippen LogP contribution in [0, 0.1) is 90.6 Å². The summed E-state index contributed by atoms with van der Waals surface area (Å²) < 4.78 is 0. The molecule has 3 aromatic carbocycles. The summed E-state index contributed by atoms with van der Waals surface area (Å²) >= 11 is 0. The first kappa shape index (κ1) is 29.6. The van der Waals surface area contributed by atoms with E-state index in [4.69, 9.17) is 0 Å². The minimum atomic E-state index is -0.149. The Morgan fingerprint density at radius 1 is 0.457 bits per heavy atom. The highest BCUT2D eigenvalue weighted by atomic mass is 15.1. The third-order valence-electron chi connectivity index (χ3n) is 7.73. The summed E-state index contributed by atoms with van der Waals surface area (Å²) in [6, 6.07) is 29.3. The summed E-state index contributed by atoms with van der Waals surface area (Å²) in [5, 5.41) is 77.2. The average Bonchev–Trinajstić information content (AvgIpc) is 3.09. The maximum absolute atomic E-state index is 10.0. The highest BCUT2D eigenvalue weighted by molar-refractivity contribution is 6.07. The standard InChI is InChI=1S/C36H16N10/c1-45-31-5-3-21(7-23(13-37)14-38)9-27(31)35(25(17-41)18-42)29-12-34-30(11-33(29)45)36(26(19-43)20-44)28-10-22(8-24(15-39)16-40)4-6-32(28)46(34)2/h3-12H,1-2H3. The van der Waals surface area contributed by atoms with Crippen LogP contribution >= 0.6 is 0 Å². The molecular weight excluding hydrogens is 572 g/mol. The SMILES string of the molecule is CN1c2ccc(C=C(C#N)C#N)cc2C(=C(C#N)C#N)c2cc3c(cc21)C(=C(C#N)C#N)c1cc(C=C(C#N)C#N)ccc1N3C. The first-order valence-corrected chi connectivity index (χ1v) is 13.4. The molecule has 0 saturated heterocycles. The Bertz CT molecular complexity index is 2150. The van der Waals surface area contributed by atoms with Gasteiger partial charge in [0.2, 0.25) is 0 Å². The summed E-state index contributed by atoms with van der Waals surface area (Å²) in [5.74, 6) is 0. The van der Waals surface area contributed by atoms with Gasteiger partial charge >= 0.3 is 0 Å². The largest absolute Gasteiger partial charge is 0.344 e. The van der Waals surface area contributed by atoms with Crippen LogP contribution in [0.15, 0.2) is 70.8 Å². The van der Waals surface area contributed by atoms with Crippen molar-refractivity contribution in [1.29, 1.82) is 42.1 Å². The summed E-state index contributed by atoms with van der Waals surface area (Å²) in [6.07, 6.45) is 2.84. The van der Waals surface area contributed by atoms with Crippen LogP contribution in [0.2, 0.25) is 0 Å². The van der Waals surface area contributed by atoms with Gasteiger partial charge in [0, 0.05) is 70.2 Å². The Morgan fingerprint density at radius 2 is 0.783 bits per heavy atom. The highest BCUT2D eigenvalue weighted by Crippen LogP contribution is 2.53. The molecule has 2 aliphatic heterocycles. The lowest BCUT2D eigenvalue weighted by Gasteiger charge is -2.37. The van der Waals surface area contributed by atoms with Gasteiger partial charge in [-0.3, -0.25) is 0 Å². The smallest absolute Gasteiger partial charge is 0.138 e. The molecule has 0 fully saturated rings. The van der Waals surface area contributed by atoms with Crippen molar-refractivity contribution in [2.75, 3.05) is 23.9 Å². The Balaban J connectivity index is 1.85. The second-order valence-corrected chi connectivity index (χ2v) is 10.1. The van der Waals surface area contributed by atoms with Gasteiger partial charge in [-0.05, 0) is 59.7 Å². The first-order valence-electron chi connectivity index (χ1n) is 13.4. The van der Waals surface area contributed by atoms with Crippen LogP contribution in [0.25, 0.3) is 23.3 Å². The number of benzene rings is 3. The van der Waals surface area contributed by atoms with Crippen molar-refractivity contribution in [3.05, 3.63) is 104 Å². The zero-order valence-electron chi connectivity index (χ0n) is 24.2. The first-order chi connectivity index (χ1) is 22.3. The lowest BCUT2D eigenvalue weighted by molar-refractivity contribution is 1.13. The molecule has 3 aromatic rings. The number of nitriles is 8. The van der Waals surface area contributed by atoms with Crippen LogP contribution in [-0.4, -0.2) is 14.1 Å². The van der Waals surface area contributed by atoms with E-state index < -0.39 is 0 Å². The number of hydrogen-bond donors (Lipinski definition) is 0. The highest BCUT2D eigenvalue weighted by Gasteiger charge is 2.33. The Labute approximate surface area is 264 Å². The lowest BCUT2D eigenvalue weighted by atomic mass is 9.81. The molecule has 0 aromatic heterocycles. The van der Waals surface area contributed by atoms with Gasteiger partial charge in [-0.25, -0.2) is 0 Å². The van der Waals surface area contributed by atoms with Gasteiger partial charge in [0.25, 0.3) is 0 Å². The molecule has 0 N–H and O–H groups in total. The van der Waals surface area contributed by atoms with Gasteiger partial charge < -0.3 is 9.80 Å². The second kappa shape index (κ2) is 11.8. The average molecular weight is 589 g/mol. The number of rotatable bonds is 2. The molecule has 10 nitrogen and oxygen atoms in total. The maximum atomic E-state index is 10.0. The zero-order valence-corrected chi connectivity index (χ0v) is 24.2. The van der Waals surface area contributed by atoms with Crippen molar-refractivity contribution in [2.24, 2.45) is 0 Å². The van der Waals surface area contributed by atoms with Crippen molar-refractivity contribution < 1.29 is 0 Å². The van der Waals surface area contributed by atoms with Crippen LogP contribution in [0.3, 0.4) is 0 Å². The lowest BCUT2D eigenvalue weighted by Crippen LogP contribution is -2.23. The molecule has 0 aliphatic carbocycles. The minimum Gasteiger partial charge on any atom is -0.344 e. The van der Waals surface area contributed by atoms with Crippen molar-refractivity contribution >= 4 is 46.0 Å². The third-order valence-corrected chi connectivity index (χ3v) is 7.73. The molecule has 0 amide bonds. The van der Waals surface area contributed by atoms with Crippen molar-refractivity contribution in [2.45, 2.75) is 0 Å². The van der Waals surface area contributed by atoms with Crippen LogP contribution in [0.4, 0.5) is 22.7 Å². The number of hydrogen-bond acceptors (Lipinski definition) is 10. The van der Waals surface area contributed by atoms with Crippen LogP contribution in [0.5, 0.6) is 0 Å². The van der Waals surface area contributed by atoms with E-state index >= 15 is 0 Å². The zero-order chi connectivity index (χ0) is 33.1. The van der Waals surface area contributed by atoms with Crippen LogP contribution < -0.4 is 9.80 Å². The van der Waals surface area contributed by atoms with E-state index in [0.717, 1.165) is 0 Å². The normalized spacial score (nSPS) is 11.3. The summed E-state index contributed by atoms with van der Waals surface area (Å²) in [6.45, 7) is 0. The molecule has 10 heteroatoms. The van der Waals surface area contributed by atoms with E-state index in [1.807, 2.05) is 58.4 Å². The Morgan fingerprint density at radius 3 is 1.09 bits per heavy atom. The second-order valence-electron chi connectivity index (χ2n) is 10.1. The molecule has 0 bridgehead atoms. The van der Waals surface area contributed by atoms with E-state index in [1.54, 1.807) is 62.6 Å². The summed E-state index contributed by atoms with van der Waals surface area (Å²) in [5.41, 5.74) is 5.92. The van der Waals surface area contributed by atoms with Gasteiger partial charge in [0.1, 0.15) is 70.8 Å². The van der Waals surface area contributed by atoms with Crippen LogP contribution in [0.1, 0.15) is 33.4 Å². The monoisotopic (exact) mass is 588 g/mol. The van der Waals surface area contributed by atoms with E-state index in [-0.39, 0.29) is 22.3 Å².